The smallest absolute Gasteiger partial charge is 0.300 e. The molecular weight excluding hydrogens is 266 g/mol. The number of rotatable bonds is 5. The Balaban J connectivity index is 1.87. The summed E-state index contributed by atoms with van der Waals surface area (Å²) < 4.78 is 10.8. The Morgan fingerprint density at radius 2 is 2.10 bits per heavy atom. The molecule has 0 radical (unpaired) electrons. The van der Waals surface area contributed by atoms with E-state index in [9.17, 15) is 0 Å². The van der Waals surface area contributed by atoms with E-state index in [0.29, 0.717) is 23.9 Å². The summed E-state index contributed by atoms with van der Waals surface area (Å²) in [6, 6.07) is 13.9. The van der Waals surface area contributed by atoms with Crippen molar-refractivity contribution in [2.45, 2.75) is 6.42 Å². The second kappa shape index (κ2) is 5.85. The zero-order valence-corrected chi connectivity index (χ0v) is 11.8. The average Bonchev–Trinajstić information content (AvgIpc) is 2.87. The predicted molar refractivity (Wildman–Crippen MR) is 83.7 cm³/mol. The number of fused-ring (bicyclic) bond motifs is 1. The molecule has 0 fully saturated rings. The van der Waals surface area contributed by atoms with Crippen molar-refractivity contribution in [2.75, 3.05) is 24.8 Å². The van der Waals surface area contributed by atoms with Gasteiger partial charge in [0.2, 0.25) is 0 Å². The minimum atomic E-state index is 0.459. The molecule has 0 aliphatic heterocycles. The Kier molecular flexibility index (Phi) is 3.75. The van der Waals surface area contributed by atoms with Crippen LogP contribution in [0.25, 0.3) is 11.1 Å². The van der Waals surface area contributed by atoms with Gasteiger partial charge in [0.1, 0.15) is 5.52 Å². The number of anilines is 3. The van der Waals surface area contributed by atoms with Crippen molar-refractivity contribution in [2.24, 2.45) is 0 Å². The SMILES string of the molecule is COCCc1ccccc1Nc1nc2cc(N)ccc2o1. The van der Waals surface area contributed by atoms with E-state index in [1.54, 1.807) is 19.2 Å². The molecule has 21 heavy (non-hydrogen) atoms. The first-order valence-electron chi connectivity index (χ1n) is 6.76. The summed E-state index contributed by atoms with van der Waals surface area (Å²) in [5.74, 6) is 0. The van der Waals surface area contributed by atoms with Crippen molar-refractivity contribution in [1.82, 2.24) is 4.98 Å². The number of ether oxygens (including phenoxy) is 1. The van der Waals surface area contributed by atoms with Gasteiger partial charge in [-0.3, -0.25) is 0 Å². The number of nitrogens with two attached hydrogens (primary N) is 1. The molecule has 0 unspecified atom stereocenters. The van der Waals surface area contributed by atoms with Crippen molar-refractivity contribution in [3.05, 3.63) is 48.0 Å². The van der Waals surface area contributed by atoms with Crippen LogP contribution < -0.4 is 11.1 Å². The number of benzene rings is 2. The molecule has 2 aromatic carbocycles. The van der Waals surface area contributed by atoms with E-state index >= 15 is 0 Å². The fourth-order valence-electron chi connectivity index (χ4n) is 2.19. The molecule has 0 saturated carbocycles. The number of methoxy groups -OCH3 is 1. The quantitative estimate of drug-likeness (QED) is 0.702. The van der Waals surface area contributed by atoms with Crippen LogP contribution in [0.4, 0.5) is 17.4 Å². The van der Waals surface area contributed by atoms with Crippen molar-refractivity contribution in [3.8, 4) is 0 Å². The average molecular weight is 283 g/mol. The molecule has 0 amide bonds. The van der Waals surface area contributed by atoms with Crippen molar-refractivity contribution >= 4 is 28.5 Å². The Hall–Kier alpha value is -2.53. The molecule has 0 saturated heterocycles. The highest BCUT2D eigenvalue weighted by atomic mass is 16.5. The lowest BCUT2D eigenvalue weighted by Crippen LogP contribution is -2.00. The van der Waals surface area contributed by atoms with Crippen LogP contribution in [-0.4, -0.2) is 18.7 Å². The molecule has 5 nitrogen and oxygen atoms in total. The third kappa shape index (κ3) is 2.98. The van der Waals surface area contributed by atoms with Crippen LogP contribution >= 0.6 is 0 Å². The van der Waals surface area contributed by atoms with Crippen LogP contribution in [-0.2, 0) is 11.2 Å². The van der Waals surface area contributed by atoms with Gasteiger partial charge >= 0.3 is 0 Å². The van der Waals surface area contributed by atoms with E-state index in [1.165, 1.54) is 0 Å². The third-order valence-corrected chi connectivity index (χ3v) is 3.25. The summed E-state index contributed by atoms with van der Waals surface area (Å²) in [5.41, 5.74) is 9.99. The molecule has 108 valence electrons. The van der Waals surface area contributed by atoms with E-state index in [0.717, 1.165) is 23.2 Å². The number of hydrogen-bond donors (Lipinski definition) is 2. The van der Waals surface area contributed by atoms with Gasteiger partial charge < -0.3 is 20.2 Å². The first-order valence-corrected chi connectivity index (χ1v) is 6.76. The Morgan fingerprint density at radius 1 is 1.24 bits per heavy atom. The summed E-state index contributed by atoms with van der Waals surface area (Å²) in [6.07, 6.45) is 0.826. The van der Waals surface area contributed by atoms with E-state index in [-0.39, 0.29) is 0 Å². The van der Waals surface area contributed by atoms with Gasteiger partial charge in [-0.1, -0.05) is 18.2 Å². The zero-order chi connectivity index (χ0) is 14.7. The van der Waals surface area contributed by atoms with Crippen LogP contribution in [0.2, 0.25) is 0 Å². The molecule has 1 aromatic heterocycles. The van der Waals surface area contributed by atoms with Crippen molar-refractivity contribution in [3.63, 3.8) is 0 Å². The number of nitrogens with zero attached hydrogens (tertiary/aromatic N) is 1. The van der Waals surface area contributed by atoms with Crippen LogP contribution in [0.3, 0.4) is 0 Å². The highest BCUT2D eigenvalue weighted by Crippen LogP contribution is 2.25. The van der Waals surface area contributed by atoms with Crippen molar-refractivity contribution < 1.29 is 9.15 Å². The summed E-state index contributed by atoms with van der Waals surface area (Å²) in [4.78, 5) is 4.40. The van der Waals surface area contributed by atoms with Gasteiger partial charge in [0.25, 0.3) is 6.01 Å². The molecule has 3 N–H and O–H groups in total. The maximum Gasteiger partial charge on any atom is 0.300 e. The van der Waals surface area contributed by atoms with E-state index in [2.05, 4.69) is 16.4 Å². The van der Waals surface area contributed by atoms with Crippen LogP contribution in [0, 0.1) is 0 Å². The van der Waals surface area contributed by atoms with Crippen LogP contribution in [0.1, 0.15) is 5.56 Å². The molecule has 0 aliphatic rings. The zero-order valence-electron chi connectivity index (χ0n) is 11.8. The number of para-hydroxylation sites is 1. The van der Waals surface area contributed by atoms with Gasteiger partial charge in [-0.2, -0.15) is 4.98 Å². The lowest BCUT2D eigenvalue weighted by Gasteiger charge is -2.08. The van der Waals surface area contributed by atoms with Gasteiger partial charge in [-0.05, 0) is 36.2 Å². The van der Waals surface area contributed by atoms with Gasteiger partial charge in [0.05, 0.1) is 6.61 Å². The topological polar surface area (TPSA) is 73.3 Å². The maximum atomic E-state index is 5.75. The molecule has 0 aliphatic carbocycles. The van der Waals surface area contributed by atoms with Gasteiger partial charge in [0.15, 0.2) is 5.58 Å². The summed E-state index contributed by atoms with van der Waals surface area (Å²) in [7, 11) is 1.70. The van der Waals surface area contributed by atoms with E-state index in [1.807, 2.05) is 24.3 Å². The molecular formula is C16H17N3O2. The summed E-state index contributed by atoms with van der Waals surface area (Å²) in [5, 5.41) is 3.22. The minimum absolute atomic E-state index is 0.459. The molecule has 0 atom stereocenters. The number of nitrogen functional groups attached to an aromatic ring is 1. The molecule has 0 spiro atoms. The fraction of sp³-hybridized carbons (Fsp3) is 0.188. The molecule has 1 heterocycles. The molecule has 3 rings (SSSR count). The number of hydrogen-bond acceptors (Lipinski definition) is 5. The normalized spacial score (nSPS) is 10.9. The Morgan fingerprint density at radius 3 is 2.95 bits per heavy atom. The summed E-state index contributed by atoms with van der Waals surface area (Å²) in [6.45, 7) is 0.669. The van der Waals surface area contributed by atoms with Crippen LogP contribution in [0.15, 0.2) is 46.9 Å². The number of oxazole rings is 1. The Bertz CT molecular complexity index is 752. The first-order chi connectivity index (χ1) is 10.3. The highest BCUT2D eigenvalue weighted by molar-refractivity contribution is 5.79. The lowest BCUT2D eigenvalue weighted by atomic mass is 10.1. The molecule has 5 heteroatoms. The largest absolute Gasteiger partial charge is 0.423 e. The first kappa shape index (κ1) is 13.5. The lowest BCUT2D eigenvalue weighted by molar-refractivity contribution is 0.202. The number of nitrogens with one attached hydrogen (secondary N) is 1. The molecule has 0 bridgehead atoms. The van der Waals surface area contributed by atoms with Gasteiger partial charge in [-0.25, -0.2) is 0 Å². The number of aromatic nitrogens is 1. The van der Waals surface area contributed by atoms with Gasteiger partial charge in [-0.15, -0.1) is 0 Å². The second-order valence-electron chi connectivity index (χ2n) is 4.77. The summed E-state index contributed by atoms with van der Waals surface area (Å²) >= 11 is 0. The minimum Gasteiger partial charge on any atom is -0.423 e. The fourth-order valence-corrected chi connectivity index (χ4v) is 2.19. The van der Waals surface area contributed by atoms with Crippen molar-refractivity contribution in [1.29, 1.82) is 0 Å². The maximum absolute atomic E-state index is 5.75. The molecule has 3 aromatic rings. The standard InChI is InChI=1S/C16H17N3O2/c1-20-9-8-11-4-2-3-5-13(11)18-16-19-14-10-12(17)6-7-15(14)21-16/h2-7,10H,8-9,17H2,1H3,(H,18,19). The highest BCUT2D eigenvalue weighted by Gasteiger charge is 2.08. The van der Waals surface area contributed by atoms with E-state index < -0.39 is 0 Å². The van der Waals surface area contributed by atoms with E-state index in [4.69, 9.17) is 14.9 Å². The predicted octanol–water partition coefficient (Wildman–Crippen LogP) is 3.34. The Labute approximate surface area is 122 Å². The van der Waals surface area contributed by atoms with Crippen LogP contribution in [0.5, 0.6) is 0 Å². The second-order valence-corrected chi connectivity index (χ2v) is 4.77. The third-order valence-electron chi connectivity index (χ3n) is 3.25. The van der Waals surface area contributed by atoms with Gasteiger partial charge in [0, 0.05) is 18.5 Å². The monoisotopic (exact) mass is 283 g/mol.